The first-order chi connectivity index (χ1) is 16.1. The molecule has 0 aliphatic heterocycles. The monoisotopic (exact) mass is 526 g/mol. The van der Waals surface area contributed by atoms with E-state index in [0.717, 1.165) is 24.8 Å². The zero-order chi connectivity index (χ0) is 24.6. The standard InChI is InChI=1S/C23H31N2O6PS2/c1-4-30-32(27,31-5-2)20-15-33-22(24-20)25-21(26)23(14-19(23)16-8-6-7-9-16)17-10-12-18(13-11-17)34(3,28)29/h10-13,15-16,19H,4-9,14H2,1-3H3,(H,24,25,26)/t19-,23?/m1/s1. The van der Waals surface area contributed by atoms with Crippen LogP contribution in [0, 0.1) is 11.8 Å². The van der Waals surface area contributed by atoms with E-state index < -0.39 is 22.8 Å². The summed E-state index contributed by atoms with van der Waals surface area (Å²) in [5, 5.41) is 4.87. The predicted molar refractivity (Wildman–Crippen MR) is 133 cm³/mol. The lowest BCUT2D eigenvalue weighted by molar-refractivity contribution is -0.119. The van der Waals surface area contributed by atoms with Crippen LogP contribution in [0.2, 0.25) is 0 Å². The number of carbonyl (C=O) groups is 1. The van der Waals surface area contributed by atoms with Gasteiger partial charge < -0.3 is 14.4 Å². The summed E-state index contributed by atoms with van der Waals surface area (Å²) in [4.78, 5) is 18.3. The summed E-state index contributed by atoms with van der Waals surface area (Å²) in [6, 6.07) is 6.67. The molecule has 2 fully saturated rings. The van der Waals surface area contributed by atoms with Gasteiger partial charge in [0.05, 0.1) is 23.5 Å². The molecule has 2 aromatic rings. The number of carbonyl (C=O) groups excluding carboxylic acids is 1. The van der Waals surface area contributed by atoms with Gasteiger partial charge in [-0.15, -0.1) is 11.3 Å². The quantitative estimate of drug-likeness (QED) is 0.453. The lowest BCUT2D eigenvalue weighted by Gasteiger charge is -2.20. The number of sulfone groups is 1. The fourth-order valence-corrected chi connectivity index (χ4v) is 8.29. The first kappa shape index (κ1) is 25.5. The van der Waals surface area contributed by atoms with Crippen molar-refractivity contribution in [3.05, 3.63) is 35.2 Å². The molecule has 1 unspecified atom stereocenters. The van der Waals surface area contributed by atoms with Crippen LogP contribution in [0.4, 0.5) is 5.13 Å². The Morgan fingerprint density at radius 1 is 1.18 bits per heavy atom. The molecular formula is C23H31N2O6PS2. The topological polar surface area (TPSA) is 112 Å². The van der Waals surface area contributed by atoms with Crippen LogP contribution in [-0.4, -0.2) is 38.8 Å². The van der Waals surface area contributed by atoms with Crippen molar-refractivity contribution >= 4 is 45.2 Å². The molecule has 2 aliphatic carbocycles. The van der Waals surface area contributed by atoms with Crippen molar-refractivity contribution in [2.75, 3.05) is 24.8 Å². The van der Waals surface area contributed by atoms with Crippen LogP contribution in [0.1, 0.15) is 51.5 Å². The number of nitrogens with one attached hydrogen (secondary N) is 1. The highest BCUT2D eigenvalue weighted by Gasteiger charge is 2.63. The lowest BCUT2D eigenvalue weighted by atomic mass is 9.87. The number of nitrogens with zero attached hydrogens (tertiary/aromatic N) is 1. The lowest BCUT2D eigenvalue weighted by Crippen LogP contribution is -2.31. The fourth-order valence-electron chi connectivity index (χ4n) is 5.11. The maximum atomic E-state index is 13.7. The molecule has 1 aromatic heterocycles. The Hall–Kier alpha value is -1.58. The number of amides is 1. The summed E-state index contributed by atoms with van der Waals surface area (Å²) < 4.78 is 47.6. The highest BCUT2D eigenvalue weighted by atomic mass is 32.2. The molecule has 1 heterocycles. The van der Waals surface area contributed by atoms with E-state index in [1.807, 2.05) is 0 Å². The Bertz CT molecular complexity index is 1180. The molecule has 0 saturated heterocycles. The molecule has 0 bridgehead atoms. The van der Waals surface area contributed by atoms with Crippen molar-refractivity contribution < 1.29 is 26.8 Å². The molecule has 8 nitrogen and oxygen atoms in total. The Labute approximate surface area is 204 Å². The third-order valence-corrected chi connectivity index (χ3v) is 10.8. The van der Waals surface area contributed by atoms with Crippen molar-refractivity contribution in [1.29, 1.82) is 0 Å². The largest absolute Gasteiger partial charge is 0.380 e. The average Bonchev–Trinajstić information content (AvgIpc) is 3.12. The second kappa shape index (κ2) is 9.82. The molecule has 2 atom stereocenters. The van der Waals surface area contributed by atoms with Crippen LogP contribution < -0.4 is 10.8 Å². The Balaban J connectivity index is 1.61. The van der Waals surface area contributed by atoms with Crippen LogP contribution >= 0.6 is 18.9 Å². The van der Waals surface area contributed by atoms with Gasteiger partial charge in [-0.2, -0.15) is 0 Å². The van der Waals surface area contributed by atoms with Gasteiger partial charge in [0.15, 0.2) is 20.4 Å². The second-order valence-corrected chi connectivity index (χ2v) is 13.8. The van der Waals surface area contributed by atoms with E-state index in [1.165, 1.54) is 30.4 Å². The summed E-state index contributed by atoms with van der Waals surface area (Å²) in [5.74, 6) is 0.514. The van der Waals surface area contributed by atoms with E-state index >= 15 is 0 Å². The predicted octanol–water partition coefficient (Wildman–Crippen LogP) is 4.52. The van der Waals surface area contributed by atoms with Crippen molar-refractivity contribution in [2.24, 2.45) is 11.8 Å². The van der Waals surface area contributed by atoms with Gasteiger partial charge in [-0.1, -0.05) is 37.8 Å². The van der Waals surface area contributed by atoms with Crippen molar-refractivity contribution in [1.82, 2.24) is 4.98 Å². The SMILES string of the molecule is CCOP(=O)(OCC)c1csc(NC(=O)C2(c3ccc(S(C)(=O)=O)cc3)C[C@@H]2C2CCCC2)n1. The molecule has 1 N–H and O–H groups in total. The van der Waals surface area contributed by atoms with Crippen molar-refractivity contribution in [3.8, 4) is 0 Å². The smallest absolute Gasteiger partial charge is 0.304 e. The van der Waals surface area contributed by atoms with Gasteiger partial charge in [-0.25, -0.2) is 13.4 Å². The van der Waals surface area contributed by atoms with E-state index in [4.69, 9.17) is 9.05 Å². The Morgan fingerprint density at radius 3 is 2.35 bits per heavy atom. The van der Waals surface area contributed by atoms with Crippen LogP contribution in [-0.2, 0) is 33.7 Å². The minimum Gasteiger partial charge on any atom is -0.304 e. The molecule has 2 saturated carbocycles. The van der Waals surface area contributed by atoms with E-state index in [0.29, 0.717) is 11.0 Å². The maximum absolute atomic E-state index is 13.7. The zero-order valence-electron chi connectivity index (χ0n) is 19.7. The van der Waals surface area contributed by atoms with Gasteiger partial charge in [-0.05, 0) is 49.8 Å². The normalized spacial score (nSPS) is 23.2. The third-order valence-electron chi connectivity index (χ3n) is 6.78. The van der Waals surface area contributed by atoms with Gasteiger partial charge >= 0.3 is 7.60 Å². The summed E-state index contributed by atoms with van der Waals surface area (Å²) in [5.41, 5.74) is 0.284. The summed E-state index contributed by atoms with van der Waals surface area (Å²) in [6.07, 6.45) is 6.45. The fraction of sp³-hybridized carbons (Fsp3) is 0.565. The first-order valence-electron chi connectivity index (χ1n) is 11.6. The Kier molecular flexibility index (Phi) is 7.37. The van der Waals surface area contributed by atoms with E-state index in [2.05, 4.69) is 10.3 Å². The van der Waals surface area contributed by atoms with Crippen LogP contribution in [0.25, 0.3) is 0 Å². The molecule has 11 heteroatoms. The van der Waals surface area contributed by atoms with Crippen LogP contribution in [0.5, 0.6) is 0 Å². The molecule has 34 heavy (non-hydrogen) atoms. The third kappa shape index (κ3) is 4.88. The molecule has 0 spiro atoms. The molecular weight excluding hydrogens is 495 g/mol. The summed E-state index contributed by atoms with van der Waals surface area (Å²) >= 11 is 1.18. The number of thiazole rings is 1. The van der Waals surface area contributed by atoms with Gasteiger partial charge in [0.2, 0.25) is 5.91 Å². The number of rotatable bonds is 10. The van der Waals surface area contributed by atoms with Gasteiger partial charge in [0, 0.05) is 11.6 Å². The van der Waals surface area contributed by atoms with E-state index in [9.17, 15) is 17.8 Å². The maximum Gasteiger partial charge on any atom is 0.380 e. The molecule has 0 radical (unpaired) electrons. The number of benzene rings is 1. The van der Waals surface area contributed by atoms with Gasteiger partial charge in [0.1, 0.15) is 0 Å². The molecule has 4 rings (SSSR count). The molecule has 1 aromatic carbocycles. The second-order valence-electron chi connectivity index (χ2n) is 8.92. The summed E-state index contributed by atoms with van der Waals surface area (Å²) in [7, 11) is -6.86. The average molecular weight is 527 g/mol. The number of anilines is 1. The highest BCUT2D eigenvalue weighted by molar-refractivity contribution is 7.90. The minimum absolute atomic E-state index is 0.167. The zero-order valence-corrected chi connectivity index (χ0v) is 22.2. The van der Waals surface area contributed by atoms with Crippen molar-refractivity contribution in [3.63, 3.8) is 0 Å². The van der Waals surface area contributed by atoms with Gasteiger partial charge in [-0.3, -0.25) is 9.36 Å². The number of hydrogen-bond acceptors (Lipinski definition) is 8. The first-order valence-corrected chi connectivity index (χ1v) is 15.9. The van der Waals surface area contributed by atoms with E-state index in [-0.39, 0.29) is 35.4 Å². The highest BCUT2D eigenvalue weighted by Crippen LogP contribution is 2.61. The molecule has 186 valence electrons. The minimum atomic E-state index is -3.54. The van der Waals surface area contributed by atoms with Crippen LogP contribution in [0.15, 0.2) is 34.5 Å². The number of aromatic nitrogens is 1. The van der Waals surface area contributed by atoms with Crippen molar-refractivity contribution in [2.45, 2.75) is 56.3 Å². The summed E-state index contributed by atoms with van der Waals surface area (Å²) in [6.45, 7) is 3.89. The van der Waals surface area contributed by atoms with Gasteiger partial charge in [0.25, 0.3) is 0 Å². The molecule has 2 aliphatic rings. The Morgan fingerprint density at radius 2 is 1.79 bits per heavy atom. The number of hydrogen-bond donors (Lipinski definition) is 1. The molecule has 1 amide bonds. The van der Waals surface area contributed by atoms with E-state index in [1.54, 1.807) is 43.5 Å². The van der Waals surface area contributed by atoms with Crippen LogP contribution in [0.3, 0.4) is 0 Å².